The number of likely N-dealkylation sites (tertiary alicyclic amines) is 1. The fourth-order valence-electron chi connectivity index (χ4n) is 1.79. The largest absolute Gasteiger partial charge is 0.444 e. The van der Waals surface area contributed by atoms with E-state index in [2.05, 4.69) is 10.6 Å². The Bertz CT molecular complexity index is 307. The molecule has 0 aromatic carbocycles. The number of amides is 1. The Labute approximate surface area is 114 Å². The van der Waals surface area contributed by atoms with Gasteiger partial charge in [0.1, 0.15) is 5.60 Å². The first kappa shape index (κ1) is 15.0. The third-order valence-electron chi connectivity index (χ3n) is 2.71. The summed E-state index contributed by atoms with van der Waals surface area (Å²) in [7, 11) is 1.80. The van der Waals surface area contributed by atoms with Crippen LogP contribution < -0.4 is 10.6 Å². The monoisotopic (exact) mass is 273 g/mol. The third-order valence-corrected chi connectivity index (χ3v) is 3.03. The van der Waals surface area contributed by atoms with Gasteiger partial charge in [-0.25, -0.2) is 4.79 Å². The highest BCUT2D eigenvalue weighted by Gasteiger charge is 2.26. The van der Waals surface area contributed by atoms with E-state index in [-0.39, 0.29) is 6.09 Å². The van der Waals surface area contributed by atoms with Crippen LogP contribution in [-0.2, 0) is 4.74 Å². The van der Waals surface area contributed by atoms with E-state index in [0.29, 0.717) is 24.2 Å². The normalized spacial score (nSPS) is 17.2. The average molecular weight is 273 g/mol. The Morgan fingerprint density at radius 3 is 2.33 bits per heavy atom. The van der Waals surface area contributed by atoms with Crippen LogP contribution in [0.25, 0.3) is 0 Å². The Morgan fingerprint density at radius 2 is 1.89 bits per heavy atom. The molecule has 5 nitrogen and oxygen atoms in total. The van der Waals surface area contributed by atoms with Gasteiger partial charge in [-0.3, -0.25) is 0 Å². The summed E-state index contributed by atoms with van der Waals surface area (Å²) in [4.78, 5) is 13.6. The first-order valence-corrected chi connectivity index (χ1v) is 6.69. The Kier molecular flexibility index (Phi) is 5.19. The van der Waals surface area contributed by atoms with Gasteiger partial charge >= 0.3 is 6.09 Å². The summed E-state index contributed by atoms with van der Waals surface area (Å²) in [6.07, 6.45) is 1.56. The van der Waals surface area contributed by atoms with Gasteiger partial charge in [-0.15, -0.1) is 0 Å². The summed E-state index contributed by atoms with van der Waals surface area (Å²) >= 11 is 5.06. The maximum Gasteiger partial charge on any atom is 0.410 e. The Hall–Kier alpha value is -1.04. The molecule has 104 valence electrons. The van der Waals surface area contributed by atoms with Crippen molar-refractivity contribution in [2.75, 3.05) is 20.1 Å². The SMILES string of the molecule is CNC(=S)NC1CCN(C(=O)OC(C)(C)C)CC1. The van der Waals surface area contributed by atoms with E-state index < -0.39 is 5.60 Å². The highest BCUT2D eigenvalue weighted by Crippen LogP contribution is 2.15. The van der Waals surface area contributed by atoms with Gasteiger partial charge in [0, 0.05) is 26.2 Å². The number of carbonyl (C=O) groups excluding carboxylic acids is 1. The van der Waals surface area contributed by atoms with Crippen molar-refractivity contribution in [3.05, 3.63) is 0 Å². The second-order valence-corrected chi connectivity index (χ2v) is 5.87. The summed E-state index contributed by atoms with van der Waals surface area (Å²) in [5.74, 6) is 0. The van der Waals surface area contributed by atoms with Crippen molar-refractivity contribution < 1.29 is 9.53 Å². The van der Waals surface area contributed by atoms with E-state index in [9.17, 15) is 4.79 Å². The number of nitrogens with one attached hydrogen (secondary N) is 2. The molecular formula is C12H23N3O2S. The zero-order valence-electron chi connectivity index (χ0n) is 11.6. The molecular weight excluding hydrogens is 250 g/mol. The van der Waals surface area contributed by atoms with Gasteiger partial charge in [-0.2, -0.15) is 0 Å². The molecule has 0 unspecified atom stereocenters. The molecule has 1 rings (SSSR count). The van der Waals surface area contributed by atoms with E-state index in [1.165, 1.54) is 0 Å². The summed E-state index contributed by atoms with van der Waals surface area (Å²) in [5.41, 5.74) is -0.431. The lowest BCUT2D eigenvalue weighted by molar-refractivity contribution is 0.0203. The smallest absolute Gasteiger partial charge is 0.410 e. The van der Waals surface area contributed by atoms with Crippen LogP contribution in [-0.4, -0.2) is 47.9 Å². The molecule has 1 amide bonds. The summed E-state index contributed by atoms with van der Waals surface area (Å²) in [6.45, 7) is 7.05. The maximum atomic E-state index is 11.8. The Morgan fingerprint density at radius 1 is 1.33 bits per heavy atom. The van der Waals surface area contributed by atoms with Crippen molar-refractivity contribution >= 4 is 23.4 Å². The predicted octanol–water partition coefficient (Wildman–Crippen LogP) is 1.48. The van der Waals surface area contributed by atoms with Crippen molar-refractivity contribution in [2.45, 2.75) is 45.3 Å². The lowest BCUT2D eigenvalue weighted by Gasteiger charge is -2.34. The van der Waals surface area contributed by atoms with Gasteiger partial charge in [0.15, 0.2) is 5.11 Å². The number of ether oxygens (including phenoxy) is 1. The van der Waals surface area contributed by atoms with Crippen LogP contribution in [0.1, 0.15) is 33.6 Å². The average Bonchev–Trinajstić information content (AvgIpc) is 2.27. The lowest BCUT2D eigenvalue weighted by atomic mass is 10.1. The maximum absolute atomic E-state index is 11.8. The summed E-state index contributed by atoms with van der Waals surface area (Å²) in [5, 5.41) is 6.77. The van der Waals surface area contributed by atoms with Crippen molar-refractivity contribution in [1.29, 1.82) is 0 Å². The molecule has 0 radical (unpaired) electrons. The highest BCUT2D eigenvalue weighted by atomic mass is 32.1. The number of piperidine rings is 1. The van der Waals surface area contributed by atoms with Crippen LogP contribution in [0.4, 0.5) is 4.79 Å². The molecule has 1 saturated heterocycles. The minimum atomic E-state index is -0.431. The molecule has 1 aliphatic rings. The van der Waals surface area contributed by atoms with Crippen LogP contribution in [0.3, 0.4) is 0 Å². The molecule has 0 aromatic rings. The van der Waals surface area contributed by atoms with Crippen LogP contribution in [0.15, 0.2) is 0 Å². The number of hydrogen-bond acceptors (Lipinski definition) is 3. The number of nitrogens with zero attached hydrogens (tertiary/aromatic N) is 1. The van der Waals surface area contributed by atoms with Crippen LogP contribution >= 0.6 is 12.2 Å². The van der Waals surface area contributed by atoms with E-state index in [4.69, 9.17) is 17.0 Å². The minimum absolute atomic E-state index is 0.225. The molecule has 0 atom stereocenters. The van der Waals surface area contributed by atoms with Gasteiger partial charge in [0.05, 0.1) is 0 Å². The highest BCUT2D eigenvalue weighted by molar-refractivity contribution is 7.80. The lowest BCUT2D eigenvalue weighted by Crippen LogP contribution is -2.49. The van der Waals surface area contributed by atoms with Gasteiger partial charge in [-0.05, 0) is 45.8 Å². The molecule has 0 aliphatic carbocycles. The first-order valence-electron chi connectivity index (χ1n) is 6.28. The molecule has 0 saturated carbocycles. The molecule has 18 heavy (non-hydrogen) atoms. The molecule has 0 spiro atoms. The topological polar surface area (TPSA) is 53.6 Å². The minimum Gasteiger partial charge on any atom is -0.444 e. The van der Waals surface area contributed by atoms with Gasteiger partial charge in [-0.1, -0.05) is 0 Å². The van der Waals surface area contributed by atoms with Crippen LogP contribution in [0.2, 0.25) is 0 Å². The zero-order chi connectivity index (χ0) is 13.8. The van der Waals surface area contributed by atoms with Crippen LogP contribution in [0.5, 0.6) is 0 Å². The quantitative estimate of drug-likeness (QED) is 0.709. The predicted molar refractivity (Wildman–Crippen MR) is 75.6 cm³/mol. The number of rotatable bonds is 1. The molecule has 0 aromatic heterocycles. The van der Waals surface area contributed by atoms with E-state index in [0.717, 1.165) is 12.8 Å². The molecule has 1 aliphatic heterocycles. The third kappa shape index (κ3) is 5.08. The summed E-state index contributed by atoms with van der Waals surface area (Å²) < 4.78 is 5.34. The van der Waals surface area contributed by atoms with Crippen molar-refractivity contribution in [2.24, 2.45) is 0 Å². The first-order chi connectivity index (χ1) is 8.31. The molecule has 2 N–H and O–H groups in total. The fourth-order valence-corrected chi connectivity index (χ4v) is 1.96. The van der Waals surface area contributed by atoms with Crippen molar-refractivity contribution in [1.82, 2.24) is 15.5 Å². The Balaban J connectivity index is 2.35. The van der Waals surface area contributed by atoms with E-state index >= 15 is 0 Å². The van der Waals surface area contributed by atoms with E-state index in [1.807, 2.05) is 20.8 Å². The second kappa shape index (κ2) is 6.22. The molecule has 0 bridgehead atoms. The van der Waals surface area contributed by atoms with Gasteiger partial charge in [0.2, 0.25) is 0 Å². The van der Waals surface area contributed by atoms with Gasteiger partial charge in [0.25, 0.3) is 0 Å². The zero-order valence-corrected chi connectivity index (χ0v) is 12.4. The second-order valence-electron chi connectivity index (χ2n) is 5.47. The molecule has 6 heteroatoms. The van der Waals surface area contributed by atoms with Crippen LogP contribution in [0, 0.1) is 0 Å². The summed E-state index contributed by atoms with van der Waals surface area (Å²) in [6, 6.07) is 0.337. The number of thiocarbonyl (C=S) groups is 1. The fraction of sp³-hybridized carbons (Fsp3) is 0.833. The van der Waals surface area contributed by atoms with Crippen molar-refractivity contribution in [3.63, 3.8) is 0 Å². The number of hydrogen-bond donors (Lipinski definition) is 2. The standard InChI is InChI=1S/C12H23N3O2S/c1-12(2,3)17-11(16)15-7-5-9(6-8-15)14-10(18)13-4/h9H,5-8H2,1-4H3,(H2,13,14,18). The van der Waals surface area contributed by atoms with Crippen molar-refractivity contribution in [3.8, 4) is 0 Å². The molecule has 1 fully saturated rings. The molecule has 1 heterocycles. The van der Waals surface area contributed by atoms with Gasteiger partial charge < -0.3 is 20.3 Å². The number of carbonyl (C=O) groups is 1. The van der Waals surface area contributed by atoms with E-state index in [1.54, 1.807) is 11.9 Å².